The van der Waals surface area contributed by atoms with E-state index >= 15 is 0 Å². The number of benzene rings is 3. The summed E-state index contributed by atoms with van der Waals surface area (Å²) in [6, 6.07) is 27.3. The van der Waals surface area contributed by atoms with Crippen molar-refractivity contribution >= 4 is 40.2 Å². The van der Waals surface area contributed by atoms with Gasteiger partial charge in [0.2, 0.25) is 5.91 Å². The van der Waals surface area contributed by atoms with Gasteiger partial charge in [-0.05, 0) is 42.5 Å². The maximum atomic E-state index is 12.4. The van der Waals surface area contributed by atoms with Gasteiger partial charge in [-0.25, -0.2) is 4.79 Å². The fourth-order valence-corrected chi connectivity index (χ4v) is 3.89. The Balaban J connectivity index is 1.31. The molecule has 5 rings (SSSR count). The third kappa shape index (κ3) is 4.56. The van der Waals surface area contributed by atoms with Crippen molar-refractivity contribution < 1.29 is 13.6 Å². The summed E-state index contributed by atoms with van der Waals surface area (Å²) >= 11 is 6.44. The zero-order valence-corrected chi connectivity index (χ0v) is 18.6. The number of furan rings is 1. The van der Waals surface area contributed by atoms with Crippen molar-refractivity contribution in [2.45, 2.75) is 0 Å². The van der Waals surface area contributed by atoms with E-state index in [2.05, 4.69) is 5.32 Å². The number of rotatable bonds is 5. The van der Waals surface area contributed by atoms with E-state index < -0.39 is 5.63 Å². The molecule has 2 heterocycles. The number of amides is 1. The summed E-state index contributed by atoms with van der Waals surface area (Å²) in [6.07, 6.45) is 2.98. The van der Waals surface area contributed by atoms with E-state index in [-0.39, 0.29) is 5.91 Å². The highest BCUT2D eigenvalue weighted by Gasteiger charge is 2.12. The monoisotopic (exact) mass is 467 g/mol. The lowest BCUT2D eigenvalue weighted by Crippen LogP contribution is -2.08. The minimum atomic E-state index is -0.478. The Morgan fingerprint density at radius 2 is 1.62 bits per heavy atom. The van der Waals surface area contributed by atoms with Crippen LogP contribution in [0.15, 0.2) is 111 Å². The van der Waals surface area contributed by atoms with Gasteiger partial charge in [0, 0.05) is 28.3 Å². The average molecular weight is 468 g/mol. The molecule has 0 saturated heterocycles. The Bertz CT molecular complexity index is 1580. The molecule has 0 fully saturated rings. The van der Waals surface area contributed by atoms with Gasteiger partial charge in [-0.1, -0.05) is 66.2 Å². The summed E-state index contributed by atoms with van der Waals surface area (Å²) < 4.78 is 11.2. The van der Waals surface area contributed by atoms with Crippen LogP contribution in [-0.2, 0) is 4.79 Å². The second-order valence-corrected chi connectivity index (χ2v) is 7.98. The van der Waals surface area contributed by atoms with Gasteiger partial charge in [-0.2, -0.15) is 0 Å². The van der Waals surface area contributed by atoms with Crippen LogP contribution in [-0.4, -0.2) is 5.91 Å². The van der Waals surface area contributed by atoms with Crippen LogP contribution in [0, 0.1) is 0 Å². The zero-order valence-electron chi connectivity index (χ0n) is 17.8. The van der Waals surface area contributed by atoms with Gasteiger partial charge in [0.1, 0.15) is 17.1 Å². The van der Waals surface area contributed by atoms with E-state index in [4.69, 9.17) is 20.4 Å². The summed E-state index contributed by atoms with van der Waals surface area (Å²) in [7, 11) is 0. The number of fused-ring (bicyclic) bond motifs is 1. The summed E-state index contributed by atoms with van der Waals surface area (Å²) in [6.45, 7) is 0. The fraction of sp³-hybridized carbons (Fsp3) is 0. The minimum absolute atomic E-state index is 0.322. The minimum Gasteiger partial charge on any atom is -0.457 e. The normalized spacial score (nSPS) is 11.2. The van der Waals surface area contributed by atoms with Gasteiger partial charge < -0.3 is 14.2 Å². The first-order valence-corrected chi connectivity index (χ1v) is 10.9. The van der Waals surface area contributed by atoms with E-state index in [9.17, 15) is 9.59 Å². The van der Waals surface area contributed by atoms with Crippen LogP contribution in [0.25, 0.3) is 39.5 Å². The van der Waals surface area contributed by atoms with Gasteiger partial charge in [0.05, 0.1) is 10.6 Å². The van der Waals surface area contributed by atoms with Crippen LogP contribution in [0.4, 0.5) is 5.69 Å². The van der Waals surface area contributed by atoms with Gasteiger partial charge in [0.25, 0.3) is 0 Å². The summed E-state index contributed by atoms with van der Waals surface area (Å²) in [4.78, 5) is 24.8. The molecule has 0 radical (unpaired) electrons. The summed E-state index contributed by atoms with van der Waals surface area (Å²) in [5.74, 6) is 0.943. The molecule has 0 saturated carbocycles. The van der Waals surface area contributed by atoms with Crippen molar-refractivity contribution in [1.82, 2.24) is 0 Å². The van der Waals surface area contributed by atoms with Gasteiger partial charge >= 0.3 is 5.63 Å². The molecule has 0 aliphatic heterocycles. The molecule has 5 nitrogen and oxygen atoms in total. The topological polar surface area (TPSA) is 72.5 Å². The number of para-hydroxylation sites is 1. The molecule has 2 aromatic heterocycles. The molecule has 1 amide bonds. The van der Waals surface area contributed by atoms with Crippen molar-refractivity contribution in [1.29, 1.82) is 0 Å². The SMILES string of the molecule is O=C(/C=C/c1ccc(-c2ccccc2)o1)Nc1ccc(-c2cc3ccccc3oc2=O)c(Cl)c1. The van der Waals surface area contributed by atoms with E-state index in [1.807, 2.05) is 48.5 Å². The maximum Gasteiger partial charge on any atom is 0.344 e. The lowest BCUT2D eigenvalue weighted by molar-refractivity contribution is -0.111. The lowest BCUT2D eigenvalue weighted by Gasteiger charge is -2.08. The fourth-order valence-electron chi connectivity index (χ4n) is 3.60. The molecule has 166 valence electrons. The largest absolute Gasteiger partial charge is 0.457 e. The predicted molar refractivity (Wildman–Crippen MR) is 135 cm³/mol. The molecule has 1 N–H and O–H groups in total. The number of carbonyl (C=O) groups excluding carboxylic acids is 1. The van der Waals surface area contributed by atoms with Crippen LogP contribution < -0.4 is 10.9 Å². The first-order valence-electron chi connectivity index (χ1n) is 10.5. The van der Waals surface area contributed by atoms with Gasteiger partial charge in [0.15, 0.2) is 0 Å². The van der Waals surface area contributed by atoms with Crippen molar-refractivity contribution in [3.05, 3.63) is 118 Å². The number of carbonyl (C=O) groups is 1. The van der Waals surface area contributed by atoms with E-state index in [1.54, 1.807) is 48.5 Å². The molecule has 6 heteroatoms. The Labute approximate surface area is 199 Å². The van der Waals surface area contributed by atoms with Gasteiger partial charge in [-0.15, -0.1) is 0 Å². The smallest absolute Gasteiger partial charge is 0.344 e. The highest BCUT2D eigenvalue weighted by atomic mass is 35.5. The van der Waals surface area contributed by atoms with Gasteiger partial charge in [-0.3, -0.25) is 4.79 Å². The number of halogens is 1. The quantitative estimate of drug-likeness (QED) is 0.222. The number of hydrogen-bond donors (Lipinski definition) is 1. The number of anilines is 1. The molecule has 3 aromatic carbocycles. The molecule has 0 unspecified atom stereocenters. The van der Waals surface area contributed by atoms with Crippen molar-refractivity contribution in [3.63, 3.8) is 0 Å². The third-order valence-corrected chi connectivity index (χ3v) is 5.56. The Morgan fingerprint density at radius 1 is 0.824 bits per heavy atom. The highest BCUT2D eigenvalue weighted by Crippen LogP contribution is 2.30. The Morgan fingerprint density at radius 3 is 2.44 bits per heavy atom. The molecular formula is C28H18ClNO4. The second kappa shape index (κ2) is 9.25. The molecule has 0 aliphatic carbocycles. The maximum absolute atomic E-state index is 12.4. The molecule has 0 aliphatic rings. The van der Waals surface area contributed by atoms with Crippen LogP contribution in [0.2, 0.25) is 5.02 Å². The summed E-state index contributed by atoms with van der Waals surface area (Å²) in [5.41, 5.74) is 2.37. The molecule has 0 spiro atoms. The molecule has 5 aromatic rings. The number of hydrogen-bond acceptors (Lipinski definition) is 4. The molecule has 0 atom stereocenters. The first-order chi connectivity index (χ1) is 16.6. The van der Waals surface area contributed by atoms with Crippen LogP contribution in [0.1, 0.15) is 5.76 Å². The third-order valence-electron chi connectivity index (χ3n) is 5.25. The summed E-state index contributed by atoms with van der Waals surface area (Å²) in [5, 5.41) is 3.88. The number of nitrogens with one attached hydrogen (secondary N) is 1. The predicted octanol–water partition coefficient (Wildman–Crippen LogP) is 7.03. The lowest BCUT2D eigenvalue weighted by atomic mass is 10.1. The Kier molecular flexibility index (Phi) is 5.85. The van der Waals surface area contributed by atoms with Crippen molar-refractivity contribution in [2.75, 3.05) is 5.32 Å². The molecule has 0 bridgehead atoms. The van der Waals surface area contributed by atoms with E-state index in [0.717, 1.165) is 16.7 Å². The average Bonchev–Trinajstić information content (AvgIpc) is 3.32. The van der Waals surface area contributed by atoms with E-state index in [0.29, 0.717) is 33.2 Å². The molecule has 34 heavy (non-hydrogen) atoms. The Hall–Kier alpha value is -4.35. The van der Waals surface area contributed by atoms with Crippen molar-refractivity contribution in [2.24, 2.45) is 0 Å². The second-order valence-electron chi connectivity index (χ2n) is 7.57. The highest BCUT2D eigenvalue weighted by molar-refractivity contribution is 6.33. The standard InChI is InChI=1S/C28H18ClNO4/c29-24-17-20(10-13-22(24)23-16-19-8-4-5-9-25(19)34-28(23)32)30-27(31)15-12-21-11-14-26(33-21)18-6-2-1-3-7-18/h1-17H,(H,30,31)/b15-12+. The molecular weight excluding hydrogens is 450 g/mol. The van der Waals surface area contributed by atoms with E-state index in [1.165, 1.54) is 6.08 Å². The van der Waals surface area contributed by atoms with Crippen LogP contribution >= 0.6 is 11.6 Å². The van der Waals surface area contributed by atoms with Crippen LogP contribution in [0.5, 0.6) is 0 Å². The zero-order chi connectivity index (χ0) is 23.5. The van der Waals surface area contributed by atoms with Crippen molar-refractivity contribution in [3.8, 4) is 22.5 Å². The van der Waals surface area contributed by atoms with Crippen LogP contribution in [0.3, 0.4) is 0 Å². The first kappa shape index (κ1) is 21.5.